The number of para-hydroxylation sites is 1. The lowest BCUT2D eigenvalue weighted by molar-refractivity contribution is -0.135. The molecule has 0 saturated carbocycles. The van der Waals surface area contributed by atoms with E-state index in [1.165, 1.54) is 18.3 Å². The first-order chi connectivity index (χ1) is 21.8. The Bertz CT molecular complexity index is 2000. The molecule has 45 heavy (non-hydrogen) atoms. The maximum absolute atomic E-state index is 14.6. The summed E-state index contributed by atoms with van der Waals surface area (Å²) in [4.78, 5) is 50.2. The Kier molecular flexibility index (Phi) is 8.63. The first-order valence-electron chi connectivity index (χ1n) is 14.7. The van der Waals surface area contributed by atoms with Crippen LogP contribution in [0.3, 0.4) is 0 Å². The number of rotatable bonds is 8. The van der Waals surface area contributed by atoms with E-state index in [0.717, 1.165) is 16.2 Å². The fraction of sp³-hybridized carbons (Fsp3) is 0.206. The maximum Gasteiger partial charge on any atom is 0.284 e. The topological polar surface area (TPSA) is 138 Å². The van der Waals surface area contributed by atoms with Gasteiger partial charge in [-0.1, -0.05) is 66.7 Å². The summed E-state index contributed by atoms with van der Waals surface area (Å²) in [6.07, 6.45) is 3.47. The van der Waals surface area contributed by atoms with Crippen molar-refractivity contribution in [2.45, 2.75) is 36.4 Å². The van der Waals surface area contributed by atoms with Crippen molar-refractivity contribution in [3.8, 4) is 0 Å². The van der Waals surface area contributed by atoms with E-state index in [4.69, 9.17) is 0 Å². The van der Waals surface area contributed by atoms with E-state index >= 15 is 0 Å². The van der Waals surface area contributed by atoms with Gasteiger partial charge in [0.25, 0.3) is 21.8 Å². The highest BCUT2D eigenvalue weighted by Gasteiger charge is 2.43. The van der Waals surface area contributed by atoms with Crippen molar-refractivity contribution in [3.05, 3.63) is 115 Å². The third-order valence-electron chi connectivity index (χ3n) is 7.90. The van der Waals surface area contributed by atoms with Crippen molar-refractivity contribution in [3.63, 3.8) is 0 Å². The summed E-state index contributed by atoms with van der Waals surface area (Å²) >= 11 is 0. The van der Waals surface area contributed by atoms with Gasteiger partial charge in [-0.15, -0.1) is 0 Å². The molecule has 3 aromatic carbocycles. The number of carbonyl (C=O) groups excluding carboxylic acids is 3. The summed E-state index contributed by atoms with van der Waals surface area (Å²) in [7, 11) is -4.60. The molecule has 1 fully saturated rings. The van der Waals surface area contributed by atoms with Crippen LogP contribution in [0.15, 0.2) is 108 Å². The van der Waals surface area contributed by atoms with Gasteiger partial charge in [0.1, 0.15) is 12.1 Å². The monoisotopic (exact) mass is 621 g/mol. The van der Waals surface area contributed by atoms with Gasteiger partial charge in [0.2, 0.25) is 0 Å². The summed E-state index contributed by atoms with van der Waals surface area (Å²) in [6.45, 7) is 0.412. The van der Waals surface area contributed by atoms with E-state index in [2.05, 4.69) is 20.6 Å². The molecule has 5 aromatic rings. The second kappa shape index (κ2) is 12.9. The summed E-state index contributed by atoms with van der Waals surface area (Å²) in [6, 6.07) is 23.8. The second-order valence-electron chi connectivity index (χ2n) is 10.9. The third-order valence-corrected chi connectivity index (χ3v) is 9.62. The predicted octanol–water partition coefficient (Wildman–Crippen LogP) is 3.66. The first-order valence-corrected chi connectivity index (χ1v) is 16.1. The van der Waals surface area contributed by atoms with Crippen molar-refractivity contribution in [2.75, 3.05) is 13.1 Å². The van der Waals surface area contributed by atoms with Crippen LogP contribution >= 0.6 is 0 Å². The molecular formula is C34H31N5O5S. The van der Waals surface area contributed by atoms with Crippen LogP contribution in [0.4, 0.5) is 0 Å². The van der Waals surface area contributed by atoms with Crippen LogP contribution < -0.4 is 10.6 Å². The normalized spacial score (nSPS) is 16.2. The van der Waals surface area contributed by atoms with Gasteiger partial charge in [0, 0.05) is 24.2 Å². The molecule has 0 bridgehead atoms. The van der Waals surface area contributed by atoms with E-state index in [1.807, 2.05) is 54.6 Å². The number of amides is 2. The number of aromatic nitrogens is 2. The summed E-state index contributed by atoms with van der Waals surface area (Å²) in [5, 5.41) is 8.10. The summed E-state index contributed by atoms with van der Waals surface area (Å²) in [5.74, 6) is -1.95. The molecule has 2 atom stereocenters. The standard InChI is InChI=1S/C34H31N5O5S/c40-30-22-35-17-7-13-29(30)39(45(43,44)31-14-3-4-18-36-31)34(42)28(21-23-15-16-24-8-1-2-9-26(24)20-23)38-33(41)27-12-5-10-25-11-6-19-37-32(25)27/h1-6,8-12,14-16,18-20,28-29,35H,7,13,17,21-22H2,(H,38,41)/t28?,29-/m0/s1. The Morgan fingerprint density at radius 3 is 2.47 bits per heavy atom. The predicted molar refractivity (Wildman–Crippen MR) is 170 cm³/mol. The van der Waals surface area contributed by atoms with Crippen molar-refractivity contribution in [1.82, 2.24) is 24.9 Å². The van der Waals surface area contributed by atoms with Crippen LogP contribution in [0.5, 0.6) is 0 Å². The van der Waals surface area contributed by atoms with Crippen LogP contribution in [0.25, 0.3) is 21.7 Å². The Balaban J connectivity index is 1.44. The number of benzene rings is 3. The molecule has 3 heterocycles. The molecule has 0 radical (unpaired) electrons. The minimum Gasteiger partial charge on any atom is -0.340 e. The number of Topliss-reactive ketones (excluding diaryl/α,β-unsaturated/α-hetero) is 1. The van der Waals surface area contributed by atoms with Gasteiger partial charge in [-0.3, -0.25) is 19.4 Å². The Labute approximate surface area is 260 Å². The van der Waals surface area contributed by atoms with Gasteiger partial charge in [-0.05, 0) is 60.0 Å². The Morgan fingerprint density at radius 2 is 1.64 bits per heavy atom. The smallest absolute Gasteiger partial charge is 0.284 e. The fourth-order valence-corrected chi connectivity index (χ4v) is 7.25. The quantitative estimate of drug-likeness (QED) is 0.268. The van der Waals surface area contributed by atoms with Gasteiger partial charge in [0.15, 0.2) is 10.8 Å². The highest BCUT2D eigenvalue weighted by molar-refractivity contribution is 7.89. The number of carbonyl (C=O) groups is 3. The largest absolute Gasteiger partial charge is 0.340 e. The number of nitrogens with one attached hydrogen (secondary N) is 2. The van der Waals surface area contributed by atoms with Crippen LogP contribution in [-0.4, -0.2) is 65.5 Å². The molecule has 0 aliphatic carbocycles. The van der Waals surface area contributed by atoms with Crippen molar-refractivity contribution in [2.24, 2.45) is 0 Å². The van der Waals surface area contributed by atoms with Crippen molar-refractivity contribution < 1.29 is 22.8 Å². The fourth-order valence-electron chi connectivity index (χ4n) is 5.68. The molecule has 1 aliphatic heterocycles. The molecule has 2 N–H and O–H groups in total. The Morgan fingerprint density at radius 1 is 0.889 bits per heavy atom. The SMILES string of the molecule is O=C(NC(Cc1ccc2ccccc2c1)C(=O)N([C@H]1CCCNCC1=O)S(=O)(=O)c1ccccn1)c1cccc2cccnc12. The molecule has 1 aliphatic rings. The number of hydrogen-bond acceptors (Lipinski definition) is 8. The average Bonchev–Trinajstić information content (AvgIpc) is 3.28. The maximum atomic E-state index is 14.6. The number of sulfonamides is 1. The summed E-state index contributed by atoms with van der Waals surface area (Å²) in [5.41, 5.74) is 1.38. The van der Waals surface area contributed by atoms with Gasteiger partial charge in [-0.2, -0.15) is 8.42 Å². The number of pyridine rings is 2. The summed E-state index contributed by atoms with van der Waals surface area (Å²) < 4.78 is 28.9. The van der Waals surface area contributed by atoms with Gasteiger partial charge in [-0.25, -0.2) is 9.29 Å². The van der Waals surface area contributed by atoms with Gasteiger partial charge >= 0.3 is 0 Å². The van der Waals surface area contributed by atoms with Gasteiger partial charge in [0.05, 0.1) is 17.6 Å². The third kappa shape index (κ3) is 6.31. The minimum atomic E-state index is -4.60. The zero-order valence-electron chi connectivity index (χ0n) is 24.3. The molecule has 1 unspecified atom stereocenters. The van der Waals surface area contributed by atoms with Gasteiger partial charge < -0.3 is 10.6 Å². The van der Waals surface area contributed by atoms with Crippen LogP contribution in [0.2, 0.25) is 0 Å². The molecular weight excluding hydrogens is 590 g/mol. The molecule has 2 aromatic heterocycles. The molecule has 2 amide bonds. The zero-order chi connectivity index (χ0) is 31.4. The van der Waals surface area contributed by atoms with E-state index in [1.54, 1.807) is 30.5 Å². The molecule has 1 saturated heterocycles. The second-order valence-corrected chi connectivity index (χ2v) is 12.7. The lowest BCUT2D eigenvalue weighted by atomic mass is 9.99. The highest BCUT2D eigenvalue weighted by atomic mass is 32.2. The number of fused-ring (bicyclic) bond motifs is 2. The van der Waals surface area contributed by atoms with Crippen molar-refractivity contribution in [1.29, 1.82) is 0 Å². The first kappa shape index (κ1) is 30.0. The van der Waals surface area contributed by atoms with E-state index < -0.39 is 39.7 Å². The lowest BCUT2D eigenvalue weighted by Crippen LogP contribution is -2.57. The minimum absolute atomic E-state index is 0.0268. The molecule has 11 heteroatoms. The van der Waals surface area contributed by atoms with Crippen LogP contribution in [0.1, 0.15) is 28.8 Å². The van der Waals surface area contributed by atoms with Crippen molar-refractivity contribution >= 4 is 49.3 Å². The zero-order valence-corrected chi connectivity index (χ0v) is 25.1. The average molecular weight is 622 g/mol. The molecule has 228 valence electrons. The van der Waals surface area contributed by atoms with E-state index in [0.29, 0.717) is 28.4 Å². The molecule has 6 rings (SSSR count). The number of hydrogen-bond donors (Lipinski definition) is 2. The van der Waals surface area contributed by atoms with Crippen LogP contribution in [0, 0.1) is 0 Å². The van der Waals surface area contributed by atoms with E-state index in [9.17, 15) is 22.8 Å². The number of ketones is 1. The van der Waals surface area contributed by atoms with Crippen LogP contribution in [-0.2, 0) is 26.0 Å². The Hall–Kier alpha value is -5.00. The van der Waals surface area contributed by atoms with E-state index in [-0.39, 0.29) is 30.0 Å². The molecule has 0 spiro atoms. The number of nitrogens with zero attached hydrogens (tertiary/aromatic N) is 3. The lowest BCUT2D eigenvalue weighted by Gasteiger charge is -2.32. The molecule has 10 nitrogen and oxygen atoms in total. The highest BCUT2D eigenvalue weighted by Crippen LogP contribution is 2.25.